The van der Waals surface area contributed by atoms with Gasteiger partial charge in [0.1, 0.15) is 11.9 Å². The summed E-state index contributed by atoms with van der Waals surface area (Å²) in [4.78, 5) is 30.0. The molecule has 37 heavy (non-hydrogen) atoms. The van der Waals surface area contributed by atoms with Crippen LogP contribution in [0.5, 0.6) is 0 Å². The van der Waals surface area contributed by atoms with Crippen molar-refractivity contribution in [1.82, 2.24) is 9.97 Å². The second-order valence-electron chi connectivity index (χ2n) is 8.30. The SMILES string of the molecule is CC(Nc1nccc(NS(=O)(=O)c2ccc([N+](=O)[O-])cc2)n1)C1([N+](=O)[O-])C=CC(c2ccccc2)=CC1. The topological polar surface area (TPSA) is 170 Å². The van der Waals surface area contributed by atoms with Crippen molar-refractivity contribution in [1.29, 1.82) is 0 Å². The van der Waals surface area contributed by atoms with Crippen LogP contribution in [0.2, 0.25) is 0 Å². The van der Waals surface area contributed by atoms with E-state index < -0.39 is 26.5 Å². The third-order valence-electron chi connectivity index (χ3n) is 6.00. The summed E-state index contributed by atoms with van der Waals surface area (Å²) in [6, 6.07) is 14.5. The lowest BCUT2D eigenvalue weighted by Crippen LogP contribution is -2.50. The van der Waals surface area contributed by atoms with Gasteiger partial charge in [0.05, 0.1) is 9.82 Å². The van der Waals surface area contributed by atoms with E-state index in [4.69, 9.17) is 0 Å². The maximum absolute atomic E-state index is 12.7. The highest BCUT2D eigenvalue weighted by Crippen LogP contribution is 2.32. The van der Waals surface area contributed by atoms with Crippen LogP contribution >= 0.6 is 0 Å². The van der Waals surface area contributed by atoms with Crippen LogP contribution < -0.4 is 10.0 Å². The summed E-state index contributed by atoms with van der Waals surface area (Å²) >= 11 is 0. The molecule has 2 unspecified atom stereocenters. The zero-order chi connectivity index (χ0) is 26.6. The van der Waals surface area contributed by atoms with Crippen molar-refractivity contribution >= 4 is 33.0 Å². The van der Waals surface area contributed by atoms with Crippen LogP contribution in [-0.4, -0.2) is 39.8 Å². The molecule has 0 spiro atoms. The molecule has 0 amide bonds. The average molecular weight is 523 g/mol. The number of allylic oxidation sites excluding steroid dienone is 2. The van der Waals surface area contributed by atoms with Crippen LogP contribution in [0.3, 0.4) is 0 Å². The number of benzene rings is 2. The van der Waals surface area contributed by atoms with E-state index in [1.807, 2.05) is 36.4 Å². The number of hydrogen-bond acceptors (Lipinski definition) is 9. The second-order valence-corrected chi connectivity index (χ2v) is 9.98. The predicted molar refractivity (Wildman–Crippen MR) is 137 cm³/mol. The molecule has 1 aromatic heterocycles. The Labute approximate surface area is 212 Å². The van der Waals surface area contributed by atoms with Crippen molar-refractivity contribution in [2.75, 3.05) is 10.0 Å². The fourth-order valence-electron chi connectivity index (χ4n) is 3.85. The summed E-state index contributed by atoms with van der Waals surface area (Å²) in [6.07, 6.45) is 6.51. The van der Waals surface area contributed by atoms with Crippen LogP contribution in [0.1, 0.15) is 18.9 Å². The molecular formula is C24H22N6O6S. The number of anilines is 2. The van der Waals surface area contributed by atoms with Crippen LogP contribution in [0.25, 0.3) is 5.57 Å². The summed E-state index contributed by atoms with van der Waals surface area (Å²) in [5.41, 5.74) is 0.108. The maximum atomic E-state index is 12.7. The number of aromatic nitrogens is 2. The lowest BCUT2D eigenvalue weighted by molar-refractivity contribution is -0.556. The molecule has 2 N–H and O–H groups in total. The Hall–Kier alpha value is -4.65. The molecule has 4 rings (SSSR count). The third kappa shape index (κ3) is 5.46. The molecule has 0 radical (unpaired) electrons. The zero-order valence-corrected chi connectivity index (χ0v) is 20.3. The van der Waals surface area contributed by atoms with Gasteiger partial charge in [-0.2, -0.15) is 4.98 Å². The first-order chi connectivity index (χ1) is 17.6. The smallest absolute Gasteiger partial charge is 0.269 e. The van der Waals surface area contributed by atoms with Gasteiger partial charge in [-0.1, -0.05) is 42.5 Å². The molecule has 1 aliphatic carbocycles. The molecule has 0 fully saturated rings. The van der Waals surface area contributed by atoms with E-state index in [9.17, 15) is 28.6 Å². The van der Waals surface area contributed by atoms with Gasteiger partial charge >= 0.3 is 0 Å². The van der Waals surface area contributed by atoms with E-state index in [1.54, 1.807) is 19.1 Å². The normalized spacial score (nSPS) is 17.9. The Kier molecular flexibility index (Phi) is 6.98. The fourth-order valence-corrected chi connectivity index (χ4v) is 4.85. The Balaban J connectivity index is 1.50. The summed E-state index contributed by atoms with van der Waals surface area (Å²) in [5, 5.41) is 25.9. The molecule has 190 valence electrons. The van der Waals surface area contributed by atoms with E-state index in [0.29, 0.717) is 0 Å². The van der Waals surface area contributed by atoms with E-state index in [2.05, 4.69) is 20.0 Å². The molecule has 0 bridgehead atoms. The van der Waals surface area contributed by atoms with Crippen molar-refractivity contribution in [3.05, 3.63) is 111 Å². The van der Waals surface area contributed by atoms with E-state index >= 15 is 0 Å². The third-order valence-corrected chi connectivity index (χ3v) is 7.37. The number of rotatable bonds is 9. The van der Waals surface area contributed by atoms with Gasteiger partial charge in [0.15, 0.2) is 0 Å². The van der Waals surface area contributed by atoms with Crippen LogP contribution in [0.4, 0.5) is 17.5 Å². The monoisotopic (exact) mass is 522 g/mol. The van der Waals surface area contributed by atoms with E-state index in [0.717, 1.165) is 35.4 Å². The van der Waals surface area contributed by atoms with Crippen molar-refractivity contribution in [2.45, 2.75) is 29.8 Å². The molecule has 0 saturated carbocycles. The minimum Gasteiger partial charge on any atom is -0.344 e. The lowest BCUT2D eigenvalue weighted by Gasteiger charge is -2.30. The molecule has 2 atom stereocenters. The summed E-state index contributed by atoms with van der Waals surface area (Å²) < 4.78 is 27.7. The Morgan fingerprint density at radius 2 is 1.73 bits per heavy atom. The number of hydrogen-bond donors (Lipinski definition) is 2. The minimum absolute atomic E-state index is 0.0103. The van der Waals surface area contributed by atoms with Crippen LogP contribution in [0, 0.1) is 20.2 Å². The van der Waals surface area contributed by atoms with Crippen molar-refractivity contribution in [3.63, 3.8) is 0 Å². The van der Waals surface area contributed by atoms with Gasteiger partial charge in [-0.3, -0.25) is 25.0 Å². The van der Waals surface area contributed by atoms with Crippen LogP contribution in [-0.2, 0) is 10.0 Å². The number of sulfonamides is 1. The molecule has 12 nitrogen and oxygen atoms in total. The van der Waals surface area contributed by atoms with Gasteiger partial charge in [-0.05, 0) is 42.3 Å². The molecule has 1 heterocycles. The first-order valence-corrected chi connectivity index (χ1v) is 12.6. The van der Waals surface area contributed by atoms with Gasteiger partial charge in [-0.15, -0.1) is 0 Å². The lowest BCUT2D eigenvalue weighted by atomic mass is 9.82. The predicted octanol–water partition coefficient (Wildman–Crippen LogP) is 4.05. The summed E-state index contributed by atoms with van der Waals surface area (Å²) in [7, 11) is -4.10. The molecule has 1 aliphatic rings. The molecular weight excluding hydrogens is 500 g/mol. The Bertz CT molecular complexity index is 1490. The number of nitro benzene ring substituents is 1. The summed E-state index contributed by atoms with van der Waals surface area (Å²) in [5.74, 6) is -0.0903. The van der Waals surface area contributed by atoms with Crippen molar-refractivity contribution in [3.8, 4) is 0 Å². The summed E-state index contributed by atoms with van der Waals surface area (Å²) in [6.45, 7) is 1.63. The quantitative estimate of drug-likeness (QED) is 0.311. The average Bonchev–Trinajstić information content (AvgIpc) is 2.89. The van der Waals surface area contributed by atoms with Gasteiger partial charge in [-0.25, -0.2) is 13.4 Å². The van der Waals surface area contributed by atoms with E-state index in [-0.39, 0.29) is 33.7 Å². The molecule has 13 heteroatoms. The van der Waals surface area contributed by atoms with E-state index in [1.165, 1.54) is 12.3 Å². The highest BCUT2D eigenvalue weighted by atomic mass is 32.2. The highest BCUT2D eigenvalue weighted by molar-refractivity contribution is 7.92. The van der Waals surface area contributed by atoms with Gasteiger partial charge < -0.3 is 5.32 Å². The molecule has 0 saturated heterocycles. The van der Waals surface area contributed by atoms with Gasteiger partial charge in [0.2, 0.25) is 5.95 Å². The first-order valence-electron chi connectivity index (χ1n) is 11.1. The minimum atomic E-state index is -4.10. The number of nitro groups is 2. The van der Waals surface area contributed by atoms with Crippen molar-refractivity contribution < 1.29 is 18.3 Å². The van der Waals surface area contributed by atoms with Crippen molar-refractivity contribution in [2.24, 2.45) is 0 Å². The number of nitrogens with one attached hydrogen (secondary N) is 2. The van der Waals surface area contributed by atoms with Gasteiger partial charge in [0.25, 0.3) is 21.2 Å². The highest BCUT2D eigenvalue weighted by Gasteiger charge is 2.47. The van der Waals surface area contributed by atoms with Crippen LogP contribution in [0.15, 0.2) is 90.0 Å². The largest absolute Gasteiger partial charge is 0.344 e. The Morgan fingerprint density at radius 3 is 2.32 bits per heavy atom. The Morgan fingerprint density at radius 1 is 1.03 bits per heavy atom. The molecule has 3 aromatic rings. The van der Waals surface area contributed by atoms with Gasteiger partial charge in [0, 0.05) is 29.7 Å². The molecule has 2 aromatic carbocycles. The first kappa shape index (κ1) is 25.4. The fraction of sp³-hybridized carbons (Fsp3) is 0.167. The standard InChI is InChI=1S/C24H22N6O6S/c1-17(24(30(33)34)14-11-19(12-15-24)18-5-3-2-4-6-18)26-23-25-16-13-22(27-23)28-37(35,36)21-9-7-20(8-10-21)29(31)32/h2-14,16-17H,15H2,1H3,(H2,25,26,27,28). The zero-order valence-electron chi connectivity index (χ0n) is 19.5. The second kappa shape index (κ2) is 10.1. The number of nitrogens with zero attached hydrogens (tertiary/aromatic N) is 4. The molecule has 0 aliphatic heterocycles. The maximum Gasteiger partial charge on any atom is 0.269 e. The number of non-ortho nitro benzene ring substituents is 1.